The summed E-state index contributed by atoms with van der Waals surface area (Å²) in [5.74, 6) is 0. The molecule has 0 aromatic rings. The van der Waals surface area contributed by atoms with Gasteiger partial charge >= 0.3 is 67.5 Å². The summed E-state index contributed by atoms with van der Waals surface area (Å²) in [5.41, 5.74) is 0. The zero-order chi connectivity index (χ0) is 24.1. The Balaban J connectivity index is -0.0000000367. The minimum atomic E-state index is -0.125. The van der Waals surface area contributed by atoms with Crippen molar-refractivity contribution < 1.29 is 61.3 Å². The van der Waals surface area contributed by atoms with Crippen molar-refractivity contribution in [2.24, 2.45) is 0 Å². The Hall–Kier alpha value is 1.77. The van der Waals surface area contributed by atoms with Crippen molar-refractivity contribution in [1.82, 2.24) is 0 Å². The van der Waals surface area contributed by atoms with Crippen LogP contribution in [0.5, 0.6) is 0 Å². The van der Waals surface area contributed by atoms with Gasteiger partial charge in [-0.1, -0.05) is 0 Å². The first kappa shape index (κ1) is 47.5. The van der Waals surface area contributed by atoms with Crippen molar-refractivity contribution in [2.45, 2.75) is -0.0207 Å². The molecule has 0 saturated heterocycles. The molecule has 0 aliphatic rings. The van der Waals surface area contributed by atoms with Crippen molar-refractivity contribution in [3.8, 4) is 0 Å². The van der Waals surface area contributed by atoms with Crippen LogP contribution >= 0.6 is 45.2 Å². The van der Waals surface area contributed by atoms with Gasteiger partial charge in [0.25, 0.3) is 0 Å². The van der Waals surface area contributed by atoms with E-state index < -0.39 is 0 Å². The normalized spacial score (nSPS) is 7.71. The van der Waals surface area contributed by atoms with Gasteiger partial charge in [-0.05, 0) is 0 Å². The van der Waals surface area contributed by atoms with E-state index in [2.05, 4.69) is 45.2 Å². The third kappa shape index (κ3) is 330. The number of hydrogen-bond donors (Lipinski definition) is 12. The van der Waals surface area contributed by atoms with Gasteiger partial charge in [0.05, 0.1) is 79.3 Å². The van der Waals surface area contributed by atoms with Crippen LogP contribution in [0.25, 0.3) is 0 Å². The van der Waals surface area contributed by atoms with Crippen LogP contribution in [0.4, 0.5) is 0 Å². The van der Waals surface area contributed by atoms with Gasteiger partial charge in [-0.15, -0.1) is 0 Å². The van der Waals surface area contributed by atoms with Gasteiger partial charge in [-0.3, -0.25) is 0 Å². The Bertz CT molecular complexity index is 111. The molecule has 28 heavy (non-hydrogen) atoms. The second-order valence-corrected chi connectivity index (χ2v) is 15.2. The summed E-state index contributed by atoms with van der Waals surface area (Å²) in [6, 6.07) is 0. The molecule has 0 rings (SSSR count). The molecule has 0 amide bonds. The predicted molar refractivity (Wildman–Crippen MR) is 124 cm³/mol. The van der Waals surface area contributed by atoms with E-state index in [1.54, 1.807) is 0 Å². The molecule has 0 spiro atoms. The van der Waals surface area contributed by atoms with Crippen LogP contribution in [0.1, 0.15) is 0 Å². The number of halogens is 2. The molecule has 12 nitrogen and oxygen atoms in total. The molecule has 15 heteroatoms. The summed E-state index contributed by atoms with van der Waals surface area (Å²) in [7, 11) is 0. The van der Waals surface area contributed by atoms with E-state index in [-0.39, 0.29) is 79.3 Å². The van der Waals surface area contributed by atoms with Crippen LogP contribution in [-0.4, -0.2) is 163 Å². The molecule has 182 valence electrons. The maximum absolute atomic E-state index is 7.62. The molecule has 0 aromatic heterocycles. The molecule has 0 heterocycles. The number of hydrogen-bond acceptors (Lipinski definition) is 12. The topological polar surface area (TPSA) is 243 Å². The molecule has 0 aliphatic carbocycles. The fourth-order valence-electron chi connectivity index (χ4n) is 0. The average Bonchev–Trinajstić information content (AvgIpc) is 2.73. The minimum absolute atomic E-state index is 0.125. The molecular formula is C13H38I2O12Te. The third-order valence-electron chi connectivity index (χ3n) is 0.600. The van der Waals surface area contributed by atoms with Gasteiger partial charge < -0.3 is 61.3 Å². The van der Waals surface area contributed by atoms with Crippen LogP contribution < -0.4 is 0 Å². The molecular weight excluding hydrogens is 730 g/mol. The van der Waals surface area contributed by atoms with Crippen LogP contribution in [0, 0.1) is 0 Å². The molecule has 12 N–H and O–H groups in total. The Morgan fingerprint density at radius 1 is 0.357 bits per heavy atom. The molecule has 0 atom stereocenters. The van der Waals surface area contributed by atoms with Crippen LogP contribution in [0.3, 0.4) is 0 Å². The summed E-state index contributed by atoms with van der Waals surface area (Å²) in [6.45, 7) is -1.50. The van der Waals surface area contributed by atoms with E-state index >= 15 is 0 Å². The Morgan fingerprint density at radius 2 is 0.393 bits per heavy atom. The fraction of sp³-hybridized carbons (Fsp3) is 1.00. The van der Waals surface area contributed by atoms with E-state index in [0.29, 0.717) is 0 Å². The quantitative estimate of drug-likeness (QED) is 0.0691. The first-order valence-corrected chi connectivity index (χ1v) is 11.5. The summed E-state index contributed by atoms with van der Waals surface area (Å²) in [5, 5.41) is 91.5. The third-order valence-corrected chi connectivity index (χ3v) is 0.600. The van der Waals surface area contributed by atoms with Crippen molar-refractivity contribution in [1.29, 1.82) is 0 Å². The number of alkyl halides is 2. The monoisotopic (exact) mass is 770 g/mol. The average molecular weight is 768 g/mol. The first-order chi connectivity index (χ1) is 13.2. The van der Waals surface area contributed by atoms with E-state index in [9.17, 15) is 0 Å². The Kier molecular flexibility index (Phi) is 134. The molecule has 0 fully saturated rings. The number of aliphatic hydroxyl groups excluding tert-OH is 12. The Morgan fingerprint density at radius 3 is 0.393 bits per heavy atom. The second-order valence-electron chi connectivity index (χ2n) is 2.96. The van der Waals surface area contributed by atoms with Crippen LogP contribution in [0.15, 0.2) is 0 Å². The summed E-state index contributed by atoms with van der Waals surface area (Å²) >= 11 is 6.55. The van der Waals surface area contributed by atoms with E-state index in [1.807, 2.05) is 22.3 Å². The van der Waals surface area contributed by atoms with Gasteiger partial charge in [0.1, 0.15) is 0 Å². The standard InChI is InChI=1S/6C2H6O2.CH2I2Te/c6*3-1-2-4;2-1(3)4/h6*3-4H,1-2H2;1,4H. The van der Waals surface area contributed by atoms with Crippen molar-refractivity contribution in [3.05, 3.63) is 0 Å². The number of rotatable bonds is 6. The van der Waals surface area contributed by atoms with Crippen molar-refractivity contribution >= 4 is 67.5 Å². The predicted octanol–water partition coefficient (Wildman–Crippen LogP) is -5.13. The van der Waals surface area contributed by atoms with Gasteiger partial charge in [0, 0.05) is 0 Å². The van der Waals surface area contributed by atoms with Gasteiger partial charge in [0.2, 0.25) is 0 Å². The maximum atomic E-state index is 7.62. The summed E-state index contributed by atoms with van der Waals surface area (Å²) < 4.78 is 0.823. The van der Waals surface area contributed by atoms with Gasteiger partial charge in [0.15, 0.2) is 0 Å². The SMILES string of the molecule is OCCO.OCCO.OCCO.OCCO.OCCO.OCCO.[TeH]C(I)I. The second kappa shape index (κ2) is 78.9. The number of aliphatic hydroxyl groups is 12. The van der Waals surface area contributed by atoms with Crippen LogP contribution in [-0.2, 0) is 0 Å². The Labute approximate surface area is 206 Å². The zero-order valence-corrected chi connectivity index (χ0v) is 22.5. The molecule has 0 radical (unpaired) electrons. The van der Waals surface area contributed by atoms with Crippen molar-refractivity contribution in [3.63, 3.8) is 0 Å². The van der Waals surface area contributed by atoms with E-state index in [0.717, 1.165) is -0.0207 Å². The van der Waals surface area contributed by atoms with Crippen LogP contribution in [0.2, 0.25) is 0 Å². The molecule has 0 saturated carbocycles. The van der Waals surface area contributed by atoms with Gasteiger partial charge in [-0.2, -0.15) is 0 Å². The molecule has 0 unspecified atom stereocenters. The fourth-order valence-corrected chi connectivity index (χ4v) is 0. The van der Waals surface area contributed by atoms with Gasteiger partial charge in [-0.25, -0.2) is 0 Å². The van der Waals surface area contributed by atoms with E-state index in [4.69, 9.17) is 61.3 Å². The molecule has 0 bridgehead atoms. The zero-order valence-electron chi connectivity index (χ0n) is 15.6. The molecule has 0 aliphatic heterocycles. The summed E-state index contributed by atoms with van der Waals surface area (Å²) in [6.07, 6.45) is 0. The van der Waals surface area contributed by atoms with E-state index in [1.165, 1.54) is 0 Å². The molecule has 0 aromatic carbocycles. The first-order valence-electron chi connectivity index (χ1n) is 7.49. The summed E-state index contributed by atoms with van der Waals surface area (Å²) in [4.78, 5) is 0. The van der Waals surface area contributed by atoms with Crippen molar-refractivity contribution in [2.75, 3.05) is 79.3 Å².